The van der Waals surface area contributed by atoms with Crippen molar-refractivity contribution < 1.29 is 5.11 Å². The molecular weight excluding hydrogens is 739 g/mol. The van der Waals surface area contributed by atoms with Crippen molar-refractivity contribution in [3.63, 3.8) is 0 Å². The van der Waals surface area contributed by atoms with E-state index in [1.54, 1.807) is 0 Å². The lowest BCUT2D eigenvalue weighted by atomic mass is 9.68. The van der Waals surface area contributed by atoms with Crippen LogP contribution in [0.4, 0.5) is 17.1 Å². The zero-order chi connectivity index (χ0) is 41.3. The molecule has 0 radical (unpaired) electrons. The molecule has 61 heavy (non-hydrogen) atoms. The lowest BCUT2D eigenvalue weighted by Crippen LogP contribution is -2.26. The van der Waals surface area contributed by atoms with E-state index in [1.165, 1.54) is 50.1 Å². The van der Waals surface area contributed by atoms with Crippen molar-refractivity contribution in [3.8, 4) is 61.4 Å². The van der Waals surface area contributed by atoms with Gasteiger partial charge in [-0.05, 0) is 114 Å². The van der Waals surface area contributed by atoms with Gasteiger partial charge in [-0.15, -0.1) is 0 Å². The van der Waals surface area contributed by atoms with Crippen LogP contribution in [0.5, 0.6) is 5.75 Å². The highest BCUT2D eigenvalue weighted by Gasteiger charge is 2.52. The molecule has 292 valence electrons. The molecule has 0 aliphatic heterocycles. The zero-order valence-electron chi connectivity index (χ0n) is 34.6. The van der Waals surface area contributed by atoms with Crippen LogP contribution in [0.3, 0.4) is 0 Å². The summed E-state index contributed by atoms with van der Waals surface area (Å²) >= 11 is 0. The van der Waals surface area contributed by atoms with Crippen LogP contribution in [0.2, 0.25) is 0 Å². The van der Waals surface area contributed by atoms with Crippen LogP contribution in [0, 0.1) is 0 Å². The van der Waals surface area contributed by atoms with Crippen LogP contribution in [0.15, 0.2) is 212 Å². The van der Waals surface area contributed by atoms with Gasteiger partial charge in [0.05, 0.1) is 16.8 Å². The molecular formula is C59H45NO. The van der Waals surface area contributed by atoms with Crippen LogP contribution in [-0.2, 0) is 10.8 Å². The number of aromatic hydroxyl groups is 1. The molecule has 0 aromatic heterocycles. The van der Waals surface area contributed by atoms with Gasteiger partial charge >= 0.3 is 0 Å². The van der Waals surface area contributed by atoms with E-state index in [4.69, 9.17) is 0 Å². The molecule has 0 bridgehead atoms. The molecule has 1 spiro atoms. The van der Waals surface area contributed by atoms with Gasteiger partial charge in [-0.2, -0.15) is 0 Å². The summed E-state index contributed by atoms with van der Waals surface area (Å²) in [5.74, 6) is 0.205. The molecule has 2 nitrogen and oxygen atoms in total. The molecule has 9 aromatic carbocycles. The SMILES string of the molecule is CC(C)(C)c1cc(-c2ccccc2)c(N(c2ccccc2)c2cc(O)cc(-c3cccc4c3C3(c5ccccc5-c5ccccc53)c3ccccc3-4)c2)c(-c2ccccc2)c1. The first-order valence-corrected chi connectivity index (χ1v) is 21.2. The van der Waals surface area contributed by atoms with Crippen LogP contribution in [0.25, 0.3) is 55.6 Å². The minimum atomic E-state index is -0.538. The minimum Gasteiger partial charge on any atom is -0.508 e. The third-order valence-corrected chi connectivity index (χ3v) is 12.9. The molecule has 0 atom stereocenters. The van der Waals surface area contributed by atoms with Gasteiger partial charge in [0, 0.05) is 22.9 Å². The molecule has 2 heteroatoms. The van der Waals surface area contributed by atoms with Crippen molar-refractivity contribution in [2.24, 2.45) is 0 Å². The number of fused-ring (bicyclic) bond motifs is 10. The highest BCUT2D eigenvalue weighted by molar-refractivity contribution is 6.01. The molecule has 0 saturated carbocycles. The Balaban J connectivity index is 1.22. The molecule has 0 unspecified atom stereocenters. The summed E-state index contributed by atoms with van der Waals surface area (Å²) in [6, 6.07) is 76.5. The second-order valence-corrected chi connectivity index (χ2v) is 17.4. The summed E-state index contributed by atoms with van der Waals surface area (Å²) < 4.78 is 0. The predicted octanol–water partition coefficient (Wildman–Crippen LogP) is 15.5. The Morgan fingerprint density at radius 2 is 0.820 bits per heavy atom. The quantitative estimate of drug-likeness (QED) is 0.182. The Kier molecular flexibility index (Phi) is 8.47. The Labute approximate surface area is 358 Å². The zero-order valence-corrected chi connectivity index (χ0v) is 34.6. The molecule has 0 amide bonds. The Hall–Kier alpha value is -7.42. The molecule has 1 N–H and O–H groups in total. The summed E-state index contributed by atoms with van der Waals surface area (Å²) in [6.07, 6.45) is 0. The van der Waals surface area contributed by atoms with Crippen LogP contribution >= 0.6 is 0 Å². The van der Waals surface area contributed by atoms with Crippen molar-refractivity contribution in [2.75, 3.05) is 4.90 Å². The number of hydrogen-bond donors (Lipinski definition) is 1. The number of benzene rings is 9. The van der Waals surface area contributed by atoms with E-state index in [0.717, 1.165) is 50.4 Å². The van der Waals surface area contributed by atoms with Gasteiger partial charge in [0.15, 0.2) is 0 Å². The number of phenols is 1. The fraction of sp³-hybridized carbons (Fsp3) is 0.0847. The average molecular weight is 784 g/mol. The minimum absolute atomic E-state index is 0.111. The first-order valence-electron chi connectivity index (χ1n) is 21.2. The smallest absolute Gasteiger partial charge is 0.118 e. The second kappa shape index (κ2) is 14.1. The first kappa shape index (κ1) is 36.6. The number of hydrogen-bond acceptors (Lipinski definition) is 2. The van der Waals surface area contributed by atoms with Crippen molar-refractivity contribution in [1.82, 2.24) is 0 Å². The number of rotatable bonds is 6. The summed E-state index contributed by atoms with van der Waals surface area (Å²) in [5.41, 5.74) is 20.2. The van der Waals surface area contributed by atoms with Gasteiger partial charge in [0.25, 0.3) is 0 Å². The van der Waals surface area contributed by atoms with Gasteiger partial charge in [-0.25, -0.2) is 0 Å². The number of phenolic OH excluding ortho intramolecular Hbond substituents is 1. The maximum Gasteiger partial charge on any atom is 0.118 e. The standard InChI is InChI=1S/C59H45NO/c1-58(2,3)42-36-51(39-20-7-4-8-21-39)57(52(37-42)40-22-9-5-10-23-40)60(43-24-11-6-12-25-43)44-34-41(35-45(61)38-44)46-29-19-30-50-49-28-15-18-33-55(49)59(56(46)50)53-31-16-13-26-47(53)48-27-14-17-32-54(48)59/h4-38,61H,1-3H3. The highest BCUT2D eigenvalue weighted by atomic mass is 16.3. The van der Waals surface area contributed by atoms with Crippen molar-refractivity contribution in [1.29, 1.82) is 0 Å². The van der Waals surface area contributed by atoms with Crippen molar-refractivity contribution in [2.45, 2.75) is 31.6 Å². The monoisotopic (exact) mass is 783 g/mol. The number of nitrogens with zero attached hydrogens (tertiary/aromatic N) is 1. The molecule has 2 aliphatic rings. The van der Waals surface area contributed by atoms with Crippen molar-refractivity contribution >= 4 is 17.1 Å². The Bertz CT molecular complexity index is 3000. The number of anilines is 3. The van der Waals surface area contributed by atoms with E-state index in [2.05, 4.69) is 226 Å². The van der Waals surface area contributed by atoms with E-state index in [-0.39, 0.29) is 11.2 Å². The van der Waals surface area contributed by atoms with Gasteiger partial charge < -0.3 is 10.0 Å². The normalized spacial score (nSPS) is 13.0. The summed E-state index contributed by atoms with van der Waals surface area (Å²) in [5, 5.41) is 12.1. The first-order chi connectivity index (χ1) is 29.8. The summed E-state index contributed by atoms with van der Waals surface area (Å²) in [4.78, 5) is 2.36. The molecule has 0 fully saturated rings. The molecule has 9 aromatic rings. The van der Waals surface area contributed by atoms with Gasteiger partial charge in [0.2, 0.25) is 0 Å². The summed E-state index contributed by atoms with van der Waals surface area (Å²) in [6.45, 7) is 6.85. The van der Waals surface area contributed by atoms with Crippen LogP contribution in [0.1, 0.15) is 48.6 Å². The molecule has 2 aliphatic carbocycles. The van der Waals surface area contributed by atoms with Crippen LogP contribution < -0.4 is 4.90 Å². The van der Waals surface area contributed by atoms with E-state index in [9.17, 15) is 5.11 Å². The summed E-state index contributed by atoms with van der Waals surface area (Å²) in [7, 11) is 0. The van der Waals surface area contributed by atoms with Crippen molar-refractivity contribution in [3.05, 3.63) is 240 Å². The molecule has 0 heterocycles. The number of para-hydroxylation sites is 1. The van der Waals surface area contributed by atoms with E-state index in [0.29, 0.717) is 0 Å². The largest absolute Gasteiger partial charge is 0.508 e. The third kappa shape index (κ3) is 5.70. The fourth-order valence-electron chi connectivity index (χ4n) is 10.2. The van der Waals surface area contributed by atoms with E-state index < -0.39 is 5.41 Å². The predicted molar refractivity (Wildman–Crippen MR) is 254 cm³/mol. The maximum absolute atomic E-state index is 12.1. The van der Waals surface area contributed by atoms with Crippen LogP contribution in [-0.4, -0.2) is 5.11 Å². The van der Waals surface area contributed by atoms with Gasteiger partial charge in [-0.3, -0.25) is 0 Å². The second-order valence-electron chi connectivity index (χ2n) is 17.4. The van der Waals surface area contributed by atoms with E-state index >= 15 is 0 Å². The Morgan fingerprint density at radius 3 is 1.34 bits per heavy atom. The van der Waals surface area contributed by atoms with Gasteiger partial charge in [-0.1, -0.05) is 191 Å². The molecule has 11 rings (SSSR count). The molecule has 0 saturated heterocycles. The fourth-order valence-corrected chi connectivity index (χ4v) is 10.2. The Morgan fingerprint density at radius 1 is 0.377 bits per heavy atom. The topological polar surface area (TPSA) is 23.5 Å². The maximum atomic E-state index is 12.1. The average Bonchev–Trinajstić information content (AvgIpc) is 3.77. The lowest BCUT2D eigenvalue weighted by molar-refractivity contribution is 0.476. The lowest BCUT2D eigenvalue weighted by Gasteiger charge is -2.34. The highest BCUT2D eigenvalue weighted by Crippen LogP contribution is 2.64. The van der Waals surface area contributed by atoms with Gasteiger partial charge in [0.1, 0.15) is 5.75 Å². The van der Waals surface area contributed by atoms with E-state index in [1.807, 2.05) is 12.1 Å². The third-order valence-electron chi connectivity index (χ3n) is 12.9.